The van der Waals surface area contributed by atoms with Crippen LogP contribution in [0.3, 0.4) is 0 Å². The first kappa shape index (κ1) is 26.9. The molecule has 5 rings (SSSR count). The molecule has 37 heavy (non-hydrogen) atoms. The third-order valence-corrected chi connectivity index (χ3v) is 7.13. The van der Waals surface area contributed by atoms with E-state index in [1.807, 2.05) is 6.92 Å². The van der Waals surface area contributed by atoms with Crippen molar-refractivity contribution in [2.45, 2.75) is 70.6 Å². The number of carboxylic acids is 1. The van der Waals surface area contributed by atoms with Crippen molar-refractivity contribution in [3.8, 4) is 0 Å². The quantitative estimate of drug-likeness (QED) is 0.466. The van der Waals surface area contributed by atoms with Gasteiger partial charge in [-0.25, -0.2) is 14.2 Å². The minimum atomic E-state index is -1.23. The van der Waals surface area contributed by atoms with Gasteiger partial charge in [-0.1, -0.05) is 5.16 Å². The van der Waals surface area contributed by atoms with Crippen LogP contribution in [0, 0.1) is 12.7 Å². The number of piperidine rings is 1. The molecule has 0 amide bonds. The third-order valence-electron chi connectivity index (χ3n) is 7.13. The number of rotatable bonds is 5. The lowest BCUT2D eigenvalue weighted by atomic mass is 9.91. The van der Waals surface area contributed by atoms with E-state index in [0.29, 0.717) is 36.7 Å². The van der Waals surface area contributed by atoms with Gasteiger partial charge in [-0.2, -0.15) is 0 Å². The Morgan fingerprint density at radius 1 is 1.24 bits per heavy atom. The fourth-order valence-electron chi connectivity index (χ4n) is 4.98. The second-order valence-corrected chi connectivity index (χ2v) is 9.74. The summed E-state index contributed by atoms with van der Waals surface area (Å²) in [5.74, 6) is -0.697. The highest BCUT2D eigenvalue weighted by Gasteiger charge is 2.27. The van der Waals surface area contributed by atoms with Crippen LogP contribution in [0.1, 0.15) is 67.4 Å². The van der Waals surface area contributed by atoms with Gasteiger partial charge in [0, 0.05) is 41.7 Å². The van der Waals surface area contributed by atoms with Crippen molar-refractivity contribution in [2.75, 3.05) is 19.6 Å². The lowest BCUT2D eigenvalue weighted by molar-refractivity contribution is -0.145. The van der Waals surface area contributed by atoms with Crippen molar-refractivity contribution in [1.29, 1.82) is 0 Å². The molecule has 2 atom stereocenters. The van der Waals surface area contributed by atoms with E-state index >= 15 is 0 Å². The summed E-state index contributed by atoms with van der Waals surface area (Å²) in [4.78, 5) is 29.3. The summed E-state index contributed by atoms with van der Waals surface area (Å²) in [5.41, 5.74) is 2.90. The van der Waals surface area contributed by atoms with Gasteiger partial charge < -0.3 is 24.7 Å². The average Bonchev–Trinajstić information content (AvgIpc) is 3.28. The number of carboxylic acid groups (broad SMARTS) is 1. The molecule has 1 aromatic carbocycles. The predicted molar refractivity (Wildman–Crippen MR) is 133 cm³/mol. The van der Waals surface area contributed by atoms with Gasteiger partial charge >= 0.3 is 5.97 Å². The molecule has 200 valence electrons. The molecule has 2 aliphatic rings. The van der Waals surface area contributed by atoms with Crippen LogP contribution >= 0.6 is 0 Å². The molecule has 0 radical (unpaired) electrons. The predicted octanol–water partition coefficient (Wildman–Crippen LogP) is 2.53. The summed E-state index contributed by atoms with van der Waals surface area (Å²) in [6.07, 6.45) is 2.15. The largest absolute Gasteiger partial charge is 0.479 e. The zero-order chi connectivity index (χ0) is 26.7. The number of hydrogen-bond donors (Lipinski definition) is 3. The summed E-state index contributed by atoms with van der Waals surface area (Å²) in [6.45, 7) is 6.32. The minimum absolute atomic E-state index is 0.00237. The van der Waals surface area contributed by atoms with E-state index in [1.165, 1.54) is 19.1 Å². The van der Waals surface area contributed by atoms with Gasteiger partial charge in [0.25, 0.3) is 5.56 Å². The fourth-order valence-corrected chi connectivity index (χ4v) is 4.98. The number of benzene rings is 1. The molecule has 0 saturated carbocycles. The number of aryl methyl sites for hydroxylation is 1. The van der Waals surface area contributed by atoms with E-state index in [2.05, 4.69) is 15.0 Å². The minimum Gasteiger partial charge on any atom is -0.479 e. The summed E-state index contributed by atoms with van der Waals surface area (Å²) in [7, 11) is 0. The lowest BCUT2D eigenvalue weighted by Crippen LogP contribution is -2.37. The van der Waals surface area contributed by atoms with Crippen LogP contribution in [0.2, 0.25) is 0 Å². The molecule has 11 heteroatoms. The van der Waals surface area contributed by atoms with E-state index in [9.17, 15) is 19.1 Å². The SMILES string of the molecule is CC(O)C(=O)O.Cc1nc2n(c(=O)c1CCN1CCC(c3noc4cc(F)ccc34)CC1)CCCC2O. The summed E-state index contributed by atoms with van der Waals surface area (Å²) < 4.78 is 20.4. The van der Waals surface area contributed by atoms with Gasteiger partial charge in [0.2, 0.25) is 0 Å². The van der Waals surface area contributed by atoms with Crippen LogP contribution in [-0.4, -0.2) is 66.6 Å². The standard InChI is InChI=1S/C23H27FN4O3.C3H6O3/c1-14-17(23(30)28-9-2-3-19(29)22(28)25-14)8-12-27-10-6-15(7-11-27)21-18-5-4-16(24)13-20(18)31-26-21;1-2(4)3(5)6/h4-5,13,15,19,29H,2-3,6-12H2,1H3;2,4H,1H3,(H,5,6). The van der Waals surface area contributed by atoms with Crippen molar-refractivity contribution in [3.63, 3.8) is 0 Å². The Bertz CT molecular complexity index is 1310. The Morgan fingerprint density at radius 3 is 2.62 bits per heavy atom. The fraction of sp³-hybridized carbons (Fsp3) is 0.538. The maximum absolute atomic E-state index is 13.4. The van der Waals surface area contributed by atoms with Crippen LogP contribution in [0.25, 0.3) is 11.0 Å². The molecular formula is C26H33FN4O6. The van der Waals surface area contributed by atoms with Crippen LogP contribution in [0.15, 0.2) is 27.5 Å². The highest BCUT2D eigenvalue weighted by Crippen LogP contribution is 2.32. The first-order chi connectivity index (χ1) is 17.7. The topological polar surface area (TPSA) is 142 Å². The van der Waals surface area contributed by atoms with E-state index in [4.69, 9.17) is 14.7 Å². The molecule has 1 saturated heterocycles. The lowest BCUT2D eigenvalue weighted by Gasteiger charge is -2.31. The molecule has 4 heterocycles. The first-order valence-corrected chi connectivity index (χ1v) is 12.6. The van der Waals surface area contributed by atoms with Crippen molar-refractivity contribution < 1.29 is 29.0 Å². The Morgan fingerprint density at radius 2 is 1.95 bits per heavy atom. The zero-order valence-corrected chi connectivity index (χ0v) is 21.1. The molecule has 1 fully saturated rings. The number of halogens is 1. The normalized spacial score (nSPS) is 19.2. The molecule has 10 nitrogen and oxygen atoms in total. The highest BCUT2D eigenvalue weighted by atomic mass is 19.1. The average molecular weight is 517 g/mol. The number of aliphatic hydroxyl groups is 2. The van der Waals surface area contributed by atoms with Crippen molar-refractivity contribution in [2.24, 2.45) is 0 Å². The first-order valence-electron chi connectivity index (χ1n) is 12.6. The Balaban J connectivity index is 0.000000480. The summed E-state index contributed by atoms with van der Waals surface area (Å²) >= 11 is 0. The number of fused-ring (bicyclic) bond motifs is 2. The van der Waals surface area contributed by atoms with Gasteiger partial charge in [0.1, 0.15) is 23.8 Å². The van der Waals surface area contributed by atoms with Gasteiger partial charge in [-0.05, 0) is 71.2 Å². The Kier molecular flexibility index (Phi) is 8.35. The van der Waals surface area contributed by atoms with Crippen LogP contribution in [-0.2, 0) is 17.8 Å². The van der Waals surface area contributed by atoms with Crippen LogP contribution < -0.4 is 5.56 Å². The van der Waals surface area contributed by atoms with Crippen molar-refractivity contribution >= 4 is 16.9 Å². The monoisotopic (exact) mass is 516 g/mol. The van der Waals surface area contributed by atoms with Crippen molar-refractivity contribution in [3.05, 3.63) is 57.1 Å². The Hall–Kier alpha value is -3.15. The van der Waals surface area contributed by atoms with Gasteiger partial charge in [-0.15, -0.1) is 0 Å². The summed E-state index contributed by atoms with van der Waals surface area (Å²) in [5, 5.41) is 31.0. The molecular weight excluding hydrogens is 483 g/mol. The Labute approximate surface area is 213 Å². The summed E-state index contributed by atoms with van der Waals surface area (Å²) in [6, 6.07) is 4.58. The molecule has 0 aliphatic carbocycles. The van der Waals surface area contributed by atoms with E-state index in [-0.39, 0.29) is 11.4 Å². The third kappa shape index (κ3) is 6.06. The maximum Gasteiger partial charge on any atom is 0.332 e. The zero-order valence-electron chi connectivity index (χ0n) is 21.1. The maximum atomic E-state index is 13.4. The molecule has 0 bridgehead atoms. The second kappa shape index (κ2) is 11.5. The van der Waals surface area contributed by atoms with E-state index < -0.39 is 18.2 Å². The van der Waals surface area contributed by atoms with Gasteiger partial charge in [0.05, 0.1) is 5.69 Å². The van der Waals surface area contributed by atoms with E-state index in [0.717, 1.165) is 61.2 Å². The van der Waals surface area contributed by atoms with Gasteiger partial charge in [-0.3, -0.25) is 9.36 Å². The number of aromatic nitrogens is 3. The molecule has 2 unspecified atom stereocenters. The number of likely N-dealkylation sites (tertiary alicyclic amines) is 1. The van der Waals surface area contributed by atoms with Crippen molar-refractivity contribution in [1.82, 2.24) is 19.6 Å². The number of aliphatic carboxylic acids is 1. The molecule has 3 N–H and O–H groups in total. The highest BCUT2D eigenvalue weighted by molar-refractivity contribution is 5.79. The number of carbonyl (C=O) groups is 1. The molecule has 0 spiro atoms. The smallest absolute Gasteiger partial charge is 0.332 e. The van der Waals surface area contributed by atoms with Crippen LogP contribution in [0.4, 0.5) is 4.39 Å². The molecule has 2 aliphatic heterocycles. The number of aliphatic hydroxyl groups excluding tert-OH is 2. The molecule has 2 aromatic heterocycles. The number of hydrogen-bond acceptors (Lipinski definition) is 8. The van der Waals surface area contributed by atoms with E-state index in [1.54, 1.807) is 10.6 Å². The van der Waals surface area contributed by atoms with Gasteiger partial charge in [0.15, 0.2) is 5.58 Å². The molecule has 3 aromatic rings. The second-order valence-electron chi connectivity index (χ2n) is 9.74. The number of nitrogens with zero attached hydrogens (tertiary/aromatic N) is 4. The van der Waals surface area contributed by atoms with Crippen LogP contribution in [0.5, 0.6) is 0 Å².